The second-order valence-electron chi connectivity index (χ2n) is 6.88. The fourth-order valence-electron chi connectivity index (χ4n) is 2.59. The molecule has 0 heterocycles. The molecule has 0 saturated heterocycles. The van der Waals surface area contributed by atoms with Gasteiger partial charge in [0.2, 0.25) is 0 Å². The van der Waals surface area contributed by atoms with Gasteiger partial charge in [-0.25, -0.2) is 4.79 Å². The quantitative estimate of drug-likeness (QED) is 0.689. The predicted octanol–water partition coefficient (Wildman–Crippen LogP) is 2.64. The van der Waals surface area contributed by atoms with Crippen molar-refractivity contribution in [2.45, 2.75) is 46.6 Å². The van der Waals surface area contributed by atoms with Gasteiger partial charge in [0.05, 0.1) is 13.2 Å². The lowest BCUT2D eigenvalue weighted by Gasteiger charge is -2.26. The van der Waals surface area contributed by atoms with E-state index in [9.17, 15) is 9.90 Å². The number of amides is 2. The molecule has 1 unspecified atom stereocenters. The third-order valence-electron chi connectivity index (χ3n) is 3.75. The minimum Gasteiger partial charge on any atom is -0.496 e. The first kappa shape index (κ1) is 19.3. The van der Waals surface area contributed by atoms with Crippen molar-refractivity contribution < 1.29 is 14.6 Å². The van der Waals surface area contributed by atoms with Crippen molar-refractivity contribution in [2.24, 2.45) is 5.41 Å². The van der Waals surface area contributed by atoms with Crippen molar-refractivity contribution >= 4 is 6.03 Å². The smallest absolute Gasteiger partial charge is 0.314 e. The van der Waals surface area contributed by atoms with Gasteiger partial charge in [0, 0.05) is 13.1 Å². The Labute approximate surface area is 139 Å². The van der Waals surface area contributed by atoms with Crippen molar-refractivity contribution in [1.82, 2.24) is 10.6 Å². The number of methoxy groups -OCH3 is 1. The molecule has 1 aromatic carbocycles. The summed E-state index contributed by atoms with van der Waals surface area (Å²) in [5, 5.41) is 15.2. The molecule has 0 aliphatic rings. The van der Waals surface area contributed by atoms with Crippen molar-refractivity contribution in [3.05, 3.63) is 29.3 Å². The molecule has 23 heavy (non-hydrogen) atoms. The van der Waals surface area contributed by atoms with Gasteiger partial charge in [0.15, 0.2) is 0 Å². The number of aliphatic hydroxyl groups is 1. The Bertz CT molecular complexity index is 513. The van der Waals surface area contributed by atoms with Crippen molar-refractivity contribution in [3.63, 3.8) is 0 Å². The maximum atomic E-state index is 11.8. The molecular weight excluding hydrogens is 292 g/mol. The van der Waals surface area contributed by atoms with Crippen LogP contribution in [0.1, 0.15) is 38.3 Å². The van der Waals surface area contributed by atoms with Gasteiger partial charge in [0.25, 0.3) is 0 Å². The molecule has 5 heteroatoms. The van der Waals surface area contributed by atoms with E-state index >= 15 is 0 Å². The van der Waals surface area contributed by atoms with E-state index in [0.717, 1.165) is 23.3 Å². The van der Waals surface area contributed by atoms with E-state index in [2.05, 4.69) is 10.6 Å². The Morgan fingerprint density at radius 1 is 1.35 bits per heavy atom. The van der Waals surface area contributed by atoms with Gasteiger partial charge in [0.1, 0.15) is 5.75 Å². The predicted molar refractivity (Wildman–Crippen MR) is 92.9 cm³/mol. The summed E-state index contributed by atoms with van der Waals surface area (Å²) < 4.78 is 5.30. The number of benzene rings is 1. The summed E-state index contributed by atoms with van der Waals surface area (Å²) in [5.74, 6) is 0.867. The Morgan fingerprint density at radius 2 is 2.04 bits per heavy atom. The summed E-state index contributed by atoms with van der Waals surface area (Å²) in [7, 11) is 1.66. The van der Waals surface area contributed by atoms with E-state index in [0.29, 0.717) is 19.5 Å². The molecule has 3 N–H and O–H groups in total. The zero-order valence-corrected chi connectivity index (χ0v) is 14.9. The summed E-state index contributed by atoms with van der Waals surface area (Å²) in [6.45, 7) is 8.91. The summed E-state index contributed by atoms with van der Waals surface area (Å²) >= 11 is 0. The summed E-state index contributed by atoms with van der Waals surface area (Å²) in [5.41, 5.74) is 2.10. The van der Waals surface area contributed by atoms with Crippen LogP contribution in [0.5, 0.6) is 5.75 Å². The van der Waals surface area contributed by atoms with Crippen LogP contribution in [-0.2, 0) is 6.42 Å². The molecule has 2 amide bonds. The molecule has 0 fully saturated rings. The number of hydrogen-bond acceptors (Lipinski definition) is 3. The molecule has 1 rings (SSSR count). The fourth-order valence-corrected chi connectivity index (χ4v) is 2.59. The van der Waals surface area contributed by atoms with Crippen LogP contribution in [0.3, 0.4) is 0 Å². The van der Waals surface area contributed by atoms with Gasteiger partial charge < -0.3 is 20.5 Å². The van der Waals surface area contributed by atoms with Gasteiger partial charge >= 0.3 is 6.03 Å². The van der Waals surface area contributed by atoms with Crippen LogP contribution >= 0.6 is 0 Å². The molecule has 0 bridgehead atoms. The van der Waals surface area contributed by atoms with E-state index in [1.165, 1.54) is 0 Å². The minimum atomic E-state index is -0.369. The molecule has 130 valence electrons. The first-order valence-corrected chi connectivity index (χ1v) is 8.07. The molecule has 1 atom stereocenters. The zero-order chi connectivity index (χ0) is 17.5. The van der Waals surface area contributed by atoms with E-state index in [1.807, 2.05) is 39.0 Å². The average Bonchev–Trinajstić information content (AvgIpc) is 2.45. The highest BCUT2D eigenvalue weighted by atomic mass is 16.5. The minimum absolute atomic E-state index is 0.129. The maximum absolute atomic E-state index is 11.8. The van der Waals surface area contributed by atoms with Gasteiger partial charge in [-0.2, -0.15) is 0 Å². The Hall–Kier alpha value is -1.75. The molecule has 0 aliphatic heterocycles. The second kappa shape index (κ2) is 8.77. The van der Waals surface area contributed by atoms with E-state index in [-0.39, 0.29) is 17.6 Å². The standard InChI is InChI=1S/C18H30N2O3/c1-13-6-7-15(10-16(13)23-5)8-9-19-17(22)20-12-18(3,4)11-14(2)21/h6-7,10,14,21H,8-9,11-12H2,1-5H3,(H2,19,20,22). The van der Waals surface area contributed by atoms with Crippen LogP contribution in [0.2, 0.25) is 0 Å². The molecule has 1 aromatic rings. The van der Waals surface area contributed by atoms with Gasteiger partial charge in [-0.15, -0.1) is 0 Å². The van der Waals surface area contributed by atoms with Crippen molar-refractivity contribution in [3.8, 4) is 5.75 Å². The normalized spacial score (nSPS) is 12.6. The van der Waals surface area contributed by atoms with Crippen LogP contribution in [0, 0.1) is 12.3 Å². The first-order valence-electron chi connectivity index (χ1n) is 8.07. The third-order valence-corrected chi connectivity index (χ3v) is 3.75. The average molecular weight is 322 g/mol. The number of rotatable bonds is 8. The van der Waals surface area contributed by atoms with Crippen LogP contribution in [0.4, 0.5) is 4.79 Å². The van der Waals surface area contributed by atoms with Crippen LogP contribution in [0.15, 0.2) is 18.2 Å². The summed E-state index contributed by atoms with van der Waals surface area (Å²) in [6.07, 6.45) is 1.03. The maximum Gasteiger partial charge on any atom is 0.314 e. The Morgan fingerprint density at radius 3 is 2.65 bits per heavy atom. The van der Waals surface area contributed by atoms with Crippen molar-refractivity contribution in [2.75, 3.05) is 20.2 Å². The van der Waals surface area contributed by atoms with Crippen LogP contribution in [-0.4, -0.2) is 37.4 Å². The Balaban J connectivity index is 2.34. The topological polar surface area (TPSA) is 70.6 Å². The lowest BCUT2D eigenvalue weighted by molar-refractivity contribution is 0.129. The third kappa shape index (κ3) is 7.37. The van der Waals surface area contributed by atoms with E-state index < -0.39 is 0 Å². The number of ether oxygens (including phenoxy) is 1. The number of urea groups is 1. The highest BCUT2D eigenvalue weighted by molar-refractivity contribution is 5.73. The number of aryl methyl sites for hydroxylation is 1. The monoisotopic (exact) mass is 322 g/mol. The van der Waals surface area contributed by atoms with Crippen LogP contribution < -0.4 is 15.4 Å². The molecule has 0 saturated carbocycles. The molecule has 0 radical (unpaired) electrons. The number of nitrogens with one attached hydrogen (secondary N) is 2. The summed E-state index contributed by atoms with van der Waals surface area (Å²) in [6, 6.07) is 5.89. The number of aliphatic hydroxyl groups excluding tert-OH is 1. The highest BCUT2D eigenvalue weighted by Crippen LogP contribution is 2.21. The van der Waals surface area contributed by atoms with Gasteiger partial charge in [-0.05, 0) is 49.3 Å². The fraction of sp³-hybridized carbons (Fsp3) is 0.611. The van der Waals surface area contributed by atoms with E-state index in [4.69, 9.17) is 4.74 Å². The summed E-state index contributed by atoms with van der Waals surface area (Å²) in [4.78, 5) is 11.8. The molecule has 0 aliphatic carbocycles. The van der Waals surface area contributed by atoms with E-state index in [1.54, 1.807) is 14.0 Å². The molecule has 0 spiro atoms. The largest absolute Gasteiger partial charge is 0.496 e. The first-order chi connectivity index (χ1) is 10.7. The number of carbonyl (C=O) groups is 1. The van der Waals surface area contributed by atoms with Crippen LogP contribution in [0.25, 0.3) is 0 Å². The van der Waals surface area contributed by atoms with Gasteiger partial charge in [-0.1, -0.05) is 26.0 Å². The lowest BCUT2D eigenvalue weighted by atomic mass is 9.87. The number of carbonyl (C=O) groups excluding carboxylic acids is 1. The second-order valence-corrected chi connectivity index (χ2v) is 6.88. The SMILES string of the molecule is COc1cc(CCNC(=O)NCC(C)(C)CC(C)O)ccc1C. The Kier molecular flexibility index (Phi) is 7.36. The van der Waals surface area contributed by atoms with Crippen molar-refractivity contribution in [1.29, 1.82) is 0 Å². The molecule has 0 aromatic heterocycles. The molecule has 5 nitrogen and oxygen atoms in total. The molecular formula is C18H30N2O3. The zero-order valence-electron chi connectivity index (χ0n) is 14.9. The highest BCUT2D eigenvalue weighted by Gasteiger charge is 2.20. The van der Waals surface area contributed by atoms with Gasteiger partial charge in [-0.3, -0.25) is 0 Å². The lowest BCUT2D eigenvalue weighted by Crippen LogP contribution is -2.42. The number of hydrogen-bond donors (Lipinski definition) is 3.